The number of piperazine rings is 1. The first-order valence-corrected chi connectivity index (χ1v) is 6.99. The molecule has 4 heteroatoms. The van der Waals surface area contributed by atoms with Crippen LogP contribution in [0.2, 0.25) is 0 Å². The average molecular weight is 262 g/mol. The summed E-state index contributed by atoms with van der Waals surface area (Å²) in [6, 6.07) is 6.29. The summed E-state index contributed by atoms with van der Waals surface area (Å²) in [5, 5.41) is 3.45. The van der Waals surface area contributed by atoms with E-state index in [9.17, 15) is 0 Å². The van der Waals surface area contributed by atoms with Crippen LogP contribution in [-0.4, -0.2) is 43.3 Å². The van der Waals surface area contributed by atoms with Crippen molar-refractivity contribution in [2.45, 2.75) is 25.9 Å². The van der Waals surface area contributed by atoms with E-state index in [1.165, 1.54) is 5.56 Å². The first-order chi connectivity index (χ1) is 9.15. The van der Waals surface area contributed by atoms with Crippen molar-refractivity contribution in [3.05, 3.63) is 23.8 Å². The summed E-state index contributed by atoms with van der Waals surface area (Å²) < 4.78 is 11.2. The molecule has 2 aliphatic heterocycles. The summed E-state index contributed by atoms with van der Waals surface area (Å²) in [6.45, 7) is 10.0. The molecule has 0 aliphatic carbocycles. The molecule has 0 radical (unpaired) electrons. The summed E-state index contributed by atoms with van der Waals surface area (Å²) in [6.07, 6.45) is 0. The fraction of sp³-hybridized carbons (Fsp3) is 0.600. The van der Waals surface area contributed by atoms with E-state index in [1.54, 1.807) is 0 Å². The number of nitrogens with zero attached hydrogens (tertiary/aromatic N) is 1. The van der Waals surface area contributed by atoms with Gasteiger partial charge >= 0.3 is 0 Å². The van der Waals surface area contributed by atoms with Crippen LogP contribution in [0, 0.1) is 0 Å². The van der Waals surface area contributed by atoms with Crippen molar-refractivity contribution in [2.75, 3.05) is 32.8 Å². The predicted octanol–water partition coefficient (Wildman–Crippen LogP) is 1.64. The molecule has 2 heterocycles. The molecule has 1 saturated heterocycles. The van der Waals surface area contributed by atoms with Gasteiger partial charge in [0.15, 0.2) is 11.5 Å². The van der Waals surface area contributed by atoms with Gasteiger partial charge in [-0.3, -0.25) is 4.90 Å². The molecular weight excluding hydrogens is 240 g/mol. The van der Waals surface area contributed by atoms with Gasteiger partial charge in [0.05, 0.1) is 0 Å². The minimum atomic E-state index is 0.200. The van der Waals surface area contributed by atoms with Gasteiger partial charge in [-0.1, -0.05) is 6.07 Å². The molecule has 104 valence electrons. The lowest BCUT2D eigenvalue weighted by molar-refractivity contribution is 0.0825. The van der Waals surface area contributed by atoms with E-state index in [4.69, 9.17) is 9.47 Å². The molecular formula is C15H22N2O2. The van der Waals surface area contributed by atoms with E-state index < -0.39 is 0 Å². The highest BCUT2D eigenvalue weighted by atomic mass is 16.6. The zero-order chi connectivity index (χ0) is 13.3. The SMILES string of the molecule is CC1(C)CNCCN1Cc1ccc2c(c1)OCCO2. The summed E-state index contributed by atoms with van der Waals surface area (Å²) in [7, 11) is 0. The topological polar surface area (TPSA) is 33.7 Å². The Kier molecular flexibility index (Phi) is 3.37. The van der Waals surface area contributed by atoms with Gasteiger partial charge in [0.1, 0.15) is 13.2 Å². The normalized spacial score (nSPS) is 22.2. The number of ether oxygens (including phenoxy) is 2. The minimum Gasteiger partial charge on any atom is -0.486 e. The van der Waals surface area contributed by atoms with E-state index in [1.807, 2.05) is 6.07 Å². The Morgan fingerprint density at radius 1 is 1.21 bits per heavy atom. The second-order valence-corrected chi connectivity index (χ2v) is 5.89. The number of nitrogens with one attached hydrogen (secondary N) is 1. The van der Waals surface area contributed by atoms with Gasteiger partial charge in [0.2, 0.25) is 0 Å². The van der Waals surface area contributed by atoms with E-state index in [2.05, 4.69) is 36.2 Å². The van der Waals surface area contributed by atoms with Crippen molar-refractivity contribution in [3.63, 3.8) is 0 Å². The molecule has 1 aromatic rings. The number of hydrogen-bond acceptors (Lipinski definition) is 4. The van der Waals surface area contributed by atoms with Crippen LogP contribution in [-0.2, 0) is 6.54 Å². The van der Waals surface area contributed by atoms with Crippen molar-refractivity contribution >= 4 is 0 Å². The summed E-state index contributed by atoms with van der Waals surface area (Å²) in [4.78, 5) is 2.52. The van der Waals surface area contributed by atoms with E-state index in [0.29, 0.717) is 13.2 Å². The fourth-order valence-electron chi connectivity index (χ4n) is 2.72. The summed E-state index contributed by atoms with van der Waals surface area (Å²) in [5.74, 6) is 1.76. The third kappa shape index (κ3) is 2.69. The molecule has 1 aromatic carbocycles. The van der Waals surface area contributed by atoms with Gasteiger partial charge in [0, 0.05) is 31.7 Å². The second kappa shape index (κ2) is 5.02. The molecule has 4 nitrogen and oxygen atoms in total. The number of rotatable bonds is 2. The lowest BCUT2D eigenvalue weighted by Crippen LogP contribution is -2.57. The van der Waals surface area contributed by atoms with Gasteiger partial charge in [-0.15, -0.1) is 0 Å². The second-order valence-electron chi connectivity index (χ2n) is 5.89. The van der Waals surface area contributed by atoms with Gasteiger partial charge in [0.25, 0.3) is 0 Å². The Bertz CT molecular complexity index is 459. The number of hydrogen-bond donors (Lipinski definition) is 1. The van der Waals surface area contributed by atoms with Gasteiger partial charge < -0.3 is 14.8 Å². The van der Waals surface area contributed by atoms with Crippen LogP contribution in [0.3, 0.4) is 0 Å². The maximum atomic E-state index is 5.65. The van der Waals surface area contributed by atoms with Crippen LogP contribution in [0.25, 0.3) is 0 Å². The van der Waals surface area contributed by atoms with E-state index in [-0.39, 0.29) is 5.54 Å². The van der Waals surface area contributed by atoms with E-state index in [0.717, 1.165) is 37.7 Å². The summed E-state index contributed by atoms with van der Waals surface area (Å²) >= 11 is 0. The van der Waals surface area contributed by atoms with Crippen LogP contribution < -0.4 is 14.8 Å². The molecule has 3 rings (SSSR count). The van der Waals surface area contributed by atoms with Gasteiger partial charge in [-0.25, -0.2) is 0 Å². The molecule has 0 atom stereocenters. The lowest BCUT2D eigenvalue weighted by Gasteiger charge is -2.43. The van der Waals surface area contributed by atoms with E-state index >= 15 is 0 Å². The molecule has 0 spiro atoms. The summed E-state index contributed by atoms with van der Waals surface area (Å²) in [5.41, 5.74) is 1.49. The number of fused-ring (bicyclic) bond motifs is 1. The van der Waals surface area contributed by atoms with Crippen molar-refractivity contribution in [2.24, 2.45) is 0 Å². The van der Waals surface area contributed by atoms with Crippen molar-refractivity contribution in [3.8, 4) is 11.5 Å². The molecule has 19 heavy (non-hydrogen) atoms. The highest BCUT2D eigenvalue weighted by Crippen LogP contribution is 2.31. The van der Waals surface area contributed by atoms with Crippen LogP contribution in [0.4, 0.5) is 0 Å². The Morgan fingerprint density at radius 2 is 2.00 bits per heavy atom. The molecule has 0 amide bonds. The molecule has 0 bridgehead atoms. The van der Waals surface area contributed by atoms with Crippen LogP contribution in [0.15, 0.2) is 18.2 Å². The van der Waals surface area contributed by atoms with Crippen molar-refractivity contribution in [1.29, 1.82) is 0 Å². The molecule has 2 aliphatic rings. The van der Waals surface area contributed by atoms with Gasteiger partial charge in [-0.05, 0) is 31.5 Å². The largest absolute Gasteiger partial charge is 0.486 e. The Balaban J connectivity index is 1.75. The maximum Gasteiger partial charge on any atom is 0.161 e. The highest BCUT2D eigenvalue weighted by molar-refractivity contribution is 5.43. The number of benzene rings is 1. The fourth-order valence-corrected chi connectivity index (χ4v) is 2.72. The quantitative estimate of drug-likeness (QED) is 0.878. The average Bonchev–Trinajstić information content (AvgIpc) is 2.41. The first kappa shape index (κ1) is 12.8. The first-order valence-electron chi connectivity index (χ1n) is 6.99. The van der Waals surface area contributed by atoms with Crippen LogP contribution in [0.1, 0.15) is 19.4 Å². The predicted molar refractivity (Wildman–Crippen MR) is 74.8 cm³/mol. The maximum absolute atomic E-state index is 5.65. The molecule has 0 saturated carbocycles. The smallest absolute Gasteiger partial charge is 0.161 e. The zero-order valence-electron chi connectivity index (χ0n) is 11.7. The van der Waals surface area contributed by atoms with Crippen LogP contribution >= 0.6 is 0 Å². The van der Waals surface area contributed by atoms with Gasteiger partial charge in [-0.2, -0.15) is 0 Å². The molecule has 1 fully saturated rings. The Hall–Kier alpha value is -1.26. The monoisotopic (exact) mass is 262 g/mol. The standard InChI is InChI=1S/C15H22N2O2/c1-15(2)11-16-5-6-17(15)10-12-3-4-13-14(9-12)19-8-7-18-13/h3-4,9,16H,5-8,10-11H2,1-2H3. The van der Waals surface area contributed by atoms with Crippen molar-refractivity contribution in [1.82, 2.24) is 10.2 Å². The zero-order valence-corrected chi connectivity index (χ0v) is 11.7. The molecule has 0 unspecified atom stereocenters. The molecule has 0 aromatic heterocycles. The lowest BCUT2D eigenvalue weighted by atomic mass is 9.99. The Labute approximate surface area is 114 Å². The highest BCUT2D eigenvalue weighted by Gasteiger charge is 2.29. The van der Waals surface area contributed by atoms with Crippen LogP contribution in [0.5, 0.6) is 11.5 Å². The molecule has 1 N–H and O–H groups in total. The third-order valence-corrected chi connectivity index (χ3v) is 3.95. The third-order valence-electron chi connectivity index (χ3n) is 3.95. The van der Waals surface area contributed by atoms with Crippen molar-refractivity contribution < 1.29 is 9.47 Å². The Morgan fingerprint density at radius 3 is 2.79 bits per heavy atom. The minimum absolute atomic E-state index is 0.200.